The standard InChI is InChI=1S/C24H33N7.2ClH/c1-16-5-4-6-17(13-16)14-26-22-21-23(31(15-27-21)20-7-2-3-8-20)30-24(29-22)28-19-11-9-18(25)10-12-19;;/h4-6,13,15,18-20H,2-3,7-12,14,25H2,1H3,(H2,26,28,29,30);2*1H. The normalized spacial score (nSPS) is 20.8. The molecule has 0 bridgehead atoms. The molecule has 0 atom stereocenters. The van der Waals surface area contributed by atoms with E-state index in [1.807, 2.05) is 6.33 Å². The van der Waals surface area contributed by atoms with Gasteiger partial charge in [-0.25, -0.2) is 4.98 Å². The van der Waals surface area contributed by atoms with Crippen LogP contribution in [0.5, 0.6) is 0 Å². The quantitative estimate of drug-likeness (QED) is 0.427. The van der Waals surface area contributed by atoms with Gasteiger partial charge < -0.3 is 20.9 Å². The summed E-state index contributed by atoms with van der Waals surface area (Å²) in [4.78, 5) is 14.5. The molecule has 2 aromatic heterocycles. The second-order valence-electron chi connectivity index (χ2n) is 9.26. The van der Waals surface area contributed by atoms with Gasteiger partial charge in [-0.15, -0.1) is 24.8 Å². The molecule has 0 radical (unpaired) electrons. The molecule has 9 heteroatoms. The van der Waals surface area contributed by atoms with Crippen LogP contribution in [-0.2, 0) is 6.54 Å². The largest absolute Gasteiger partial charge is 0.364 e. The van der Waals surface area contributed by atoms with Crippen molar-refractivity contribution in [3.8, 4) is 0 Å². The second kappa shape index (κ2) is 11.4. The molecule has 0 saturated heterocycles. The number of halogens is 2. The molecular formula is C24H35Cl2N7. The lowest BCUT2D eigenvalue weighted by atomic mass is 9.92. The highest BCUT2D eigenvalue weighted by Crippen LogP contribution is 2.33. The summed E-state index contributed by atoms with van der Waals surface area (Å²) in [6, 6.07) is 9.75. The lowest BCUT2D eigenvalue weighted by molar-refractivity contribution is 0.410. The Hall–Kier alpha value is -2.09. The number of imidazole rings is 1. The Balaban J connectivity index is 0.00000153. The van der Waals surface area contributed by atoms with Crippen molar-refractivity contribution in [1.82, 2.24) is 19.5 Å². The van der Waals surface area contributed by atoms with E-state index in [9.17, 15) is 0 Å². The van der Waals surface area contributed by atoms with Crippen LogP contribution in [0, 0.1) is 6.92 Å². The van der Waals surface area contributed by atoms with Gasteiger partial charge in [0, 0.05) is 24.7 Å². The number of rotatable bonds is 6. The first-order valence-corrected chi connectivity index (χ1v) is 11.7. The molecule has 33 heavy (non-hydrogen) atoms. The summed E-state index contributed by atoms with van der Waals surface area (Å²) in [6.45, 7) is 2.83. The SMILES string of the molecule is Cc1cccc(CNc2nc(NC3CCC(N)CC3)nc3c2ncn3C2CCCC2)c1.Cl.Cl. The Morgan fingerprint density at radius 2 is 1.79 bits per heavy atom. The predicted molar refractivity (Wildman–Crippen MR) is 140 cm³/mol. The minimum Gasteiger partial charge on any atom is -0.364 e. The maximum Gasteiger partial charge on any atom is 0.227 e. The molecule has 2 saturated carbocycles. The van der Waals surface area contributed by atoms with Crippen LogP contribution in [0.1, 0.15) is 68.5 Å². The van der Waals surface area contributed by atoms with Gasteiger partial charge in [0.25, 0.3) is 0 Å². The molecule has 2 heterocycles. The molecule has 0 spiro atoms. The second-order valence-corrected chi connectivity index (χ2v) is 9.26. The monoisotopic (exact) mass is 491 g/mol. The molecule has 4 N–H and O–H groups in total. The molecule has 2 fully saturated rings. The maximum atomic E-state index is 6.09. The van der Waals surface area contributed by atoms with Crippen LogP contribution >= 0.6 is 24.8 Å². The Labute approximate surface area is 208 Å². The number of aryl methyl sites for hydroxylation is 1. The third kappa shape index (κ3) is 5.89. The third-order valence-electron chi connectivity index (χ3n) is 6.79. The van der Waals surface area contributed by atoms with Gasteiger partial charge in [-0.2, -0.15) is 9.97 Å². The van der Waals surface area contributed by atoms with E-state index in [0.717, 1.165) is 42.7 Å². The van der Waals surface area contributed by atoms with E-state index in [2.05, 4.69) is 46.4 Å². The van der Waals surface area contributed by atoms with E-state index in [4.69, 9.17) is 20.7 Å². The minimum atomic E-state index is 0. The van der Waals surface area contributed by atoms with Crippen LogP contribution < -0.4 is 16.4 Å². The minimum absolute atomic E-state index is 0. The number of hydrogen-bond acceptors (Lipinski definition) is 6. The first-order chi connectivity index (χ1) is 15.2. The zero-order chi connectivity index (χ0) is 21.2. The third-order valence-corrected chi connectivity index (χ3v) is 6.79. The Morgan fingerprint density at radius 1 is 1.03 bits per heavy atom. The van der Waals surface area contributed by atoms with Crippen LogP contribution in [0.3, 0.4) is 0 Å². The van der Waals surface area contributed by atoms with Crippen LogP contribution in [0.15, 0.2) is 30.6 Å². The van der Waals surface area contributed by atoms with Crippen molar-refractivity contribution in [3.63, 3.8) is 0 Å². The summed E-state index contributed by atoms with van der Waals surface area (Å²) in [5, 5.41) is 7.12. The number of hydrogen-bond donors (Lipinski definition) is 3. The van der Waals surface area contributed by atoms with Crippen LogP contribution in [0.25, 0.3) is 11.2 Å². The molecular weight excluding hydrogens is 457 g/mol. The molecule has 3 aromatic rings. The summed E-state index contributed by atoms with van der Waals surface area (Å²) in [7, 11) is 0. The fraction of sp³-hybridized carbons (Fsp3) is 0.542. The summed E-state index contributed by atoms with van der Waals surface area (Å²) in [5.74, 6) is 1.50. The lowest BCUT2D eigenvalue weighted by Crippen LogP contribution is -2.33. The molecule has 1 aromatic carbocycles. The fourth-order valence-electron chi connectivity index (χ4n) is 5.01. The summed E-state index contributed by atoms with van der Waals surface area (Å²) in [6.07, 6.45) is 11.2. The Morgan fingerprint density at radius 3 is 2.52 bits per heavy atom. The molecule has 7 nitrogen and oxygen atoms in total. The zero-order valence-corrected chi connectivity index (χ0v) is 20.8. The van der Waals surface area contributed by atoms with Gasteiger partial charge >= 0.3 is 0 Å². The highest BCUT2D eigenvalue weighted by atomic mass is 35.5. The maximum absolute atomic E-state index is 6.09. The van der Waals surface area contributed by atoms with Gasteiger partial charge in [0.15, 0.2) is 17.0 Å². The van der Waals surface area contributed by atoms with Crippen molar-refractivity contribution in [1.29, 1.82) is 0 Å². The summed E-state index contributed by atoms with van der Waals surface area (Å²) in [5.41, 5.74) is 10.4. The number of nitrogens with one attached hydrogen (secondary N) is 2. The van der Waals surface area contributed by atoms with Crippen molar-refractivity contribution in [2.75, 3.05) is 10.6 Å². The number of anilines is 2. The topological polar surface area (TPSA) is 93.7 Å². The van der Waals surface area contributed by atoms with Crippen molar-refractivity contribution in [2.24, 2.45) is 5.73 Å². The average molecular weight is 492 g/mol. The highest BCUT2D eigenvalue weighted by molar-refractivity contribution is 5.86. The van der Waals surface area contributed by atoms with E-state index in [1.165, 1.54) is 36.8 Å². The molecule has 0 unspecified atom stereocenters. The zero-order valence-electron chi connectivity index (χ0n) is 19.2. The molecule has 2 aliphatic carbocycles. The summed E-state index contributed by atoms with van der Waals surface area (Å²) < 4.78 is 2.27. The average Bonchev–Trinajstić information content (AvgIpc) is 3.43. The van der Waals surface area contributed by atoms with E-state index in [0.29, 0.717) is 30.6 Å². The van der Waals surface area contributed by atoms with Gasteiger partial charge in [-0.05, 0) is 51.0 Å². The highest BCUT2D eigenvalue weighted by Gasteiger charge is 2.23. The first-order valence-electron chi connectivity index (χ1n) is 11.7. The van der Waals surface area contributed by atoms with Gasteiger partial charge in [0.05, 0.1) is 6.33 Å². The number of nitrogens with zero attached hydrogens (tertiary/aromatic N) is 4. The lowest BCUT2D eigenvalue weighted by Gasteiger charge is -2.27. The van der Waals surface area contributed by atoms with Crippen molar-refractivity contribution < 1.29 is 0 Å². The summed E-state index contributed by atoms with van der Waals surface area (Å²) >= 11 is 0. The molecule has 2 aliphatic rings. The van der Waals surface area contributed by atoms with E-state index in [-0.39, 0.29) is 24.8 Å². The predicted octanol–water partition coefficient (Wildman–Crippen LogP) is 5.39. The Kier molecular flexibility index (Phi) is 8.79. The first kappa shape index (κ1) is 25.5. The number of fused-ring (bicyclic) bond motifs is 1. The van der Waals surface area contributed by atoms with Crippen LogP contribution in [0.2, 0.25) is 0 Å². The molecule has 5 rings (SSSR count). The van der Waals surface area contributed by atoms with Gasteiger partial charge in [-0.1, -0.05) is 42.7 Å². The van der Waals surface area contributed by atoms with Crippen molar-refractivity contribution >= 4 is 47.7 Å². The number of benzene rings is 1. The van der Waals surface area contributed by atoms with Gasteiger partial charge in [-0.3, -0.25) is 0 Å². The van der Waals surface area contributed by atoms with Crippen molar-refractivity contribution in [2.45, 2.75) is 83.0 Å². The molecule has 0 amide bonds. The van der Waals surface area contributed by atoms with Gasteiger partial charge in [0.2, 0.25) is 5.95 Å². The van der Waals surface area contributed by atoms with E-state index < -0.39 is 0 Å². The number of aromatic nitrogens is 4. The fourth-order valence-corrected chi connectivity index (χ4v) is 5.01. The number of nitrogens with two attached hydrogens (primary N) is 1. The Bertz CT molecular complexity index is 1040. The molecule has 180 valence electrons. The van der Waals surface area contributed by atoms with Crippen LogP contribution in [-0.4, -0.2) is 31.6 Å². The smallest absolute Gasteiger partial charge is 0.227 e. The van der Waals surface area contributed by atoms with Gasteiger partial charge in [0.1, 0.15) is 0 Å². The van der Waals surface area contributed by atoms with Crippen LogP contribution in [0.4, 0.5) is 11.8 Å². The van der Waals surface area contributed by atoms with Crippen molar-refractivity contribution in [3.05, 3.63) is 41.7 Å². The van der Waals surface area contributed by atoms with E-state index in [1.54, 1.807) is 0 Å². The van der Waals surface area contributed by atoms with E-state index >= 15 is 0 Å². The molecule has 0 aliphatic heterocycles.